The Balaban J connectivity index is 1.71. The van der Waals surface area contributed by atoms with Crippen LogP contribution in [-0.4, -0.2) is 25.0 Å². The minimum atomic E-state index is -0.494. The van der Waals surface area contributed by atoms with E-state index in [0.717, 1.165) is 10.4 Å². The molecule has 5 nitrogen and oxygen atoms in total. The first-order chi connectivity index (χ1) is 12.1. The number of thiophene rings is 1. The molecular weight excluding hydrogens is 340 g/mol. The van der Waals surface area contributed by atoms with Gasteiger partial charge in [-0.15, -0.1) is 11.3 Å². The summed E-state index contributed by atoms with van der Waals surface area (Å²) in [7, 11) is 0. The summed E-state index contributed by atoms with van der Waals surface area (Å²) in [5.74, 6) is 0.465. The molecule has 1 aliphatic rings. The van der Waals surface area contributed by atoms with E-state index in [1.54, 1.807) is 35.6 Å². The number of benzene rings is 1. The van der Waals surface area contributed by atoms with Crippen molar-refractivity contribution in [2.45, 2.75) is 6.92 Å². The van der Waals surface area contributed by atoms with E-state index in [1.165, 1.54) is 6.08 Å². The SMILES string of the molecule is C=CCOC(=O)COc1ccc2c(c1)O/C(=C\c1sccc1C)C2=O. The zero-order valence-corrected chi connectivity index (χ0v) is 14.4. The first kappa shape index (κ1) is 17.0. The summed E-state index contributed by atoms with van der Waals surface area (Å²) >= 11 is 1.55. The van der Waals surface area contributed by atoms with Gasteiger partial charge in [0.2, 0.25) is 5.78 Å². The van der Waals surface area contributed by atoms with Gasteiger partial charge in [-0.3, -0.25) is 4.79 Å². The topological polar surface area (TPSA) is 61.8 Å². The first-order valence-electron chi connectivity index (χ1n) is 7.60. The molecule has 0 unspecified atom stereocenters. The number of allylic oxidation sites excluding steroid dienone is 1. The summed E-state index contributed by atoms with van der Waals surface area (Å²) in [5.41, 5.74) is 1.56. The first-order valence-corrected chi connectivity index (χ1v) is 8.48. The number of fused-ring (bicyclic) bond motifs is 1. The third kappa shape index (κ3) is 3.80. The van der Waals surface area contributed by atoms with Crippen LogP contribution in [0.2, 0.25) is 0 Å². The molecule has 0 radical (unpaired) electrons. The van der Waals surface area contributed by atoms with Gasteiger partial charge in [-0.1, -0.05) is 12.7 Å². The Bertz CT molecular complexity index is 862. The molecule has 0 atom stereocenters. The molecule has 0 saturated carbocycles. The molecule has 1 aromatic carbocycles. The van der Waals surface area contributed by atoms with E-state index in [0.29, 0.717) is 17.1 Å². The molecule has 6 heteroatoms. The van der Waals surface area contributed by atoms with Crippen molar-refractivity contribution in [2.24, 2.45) is 0 Å². The van der Waals surface area contributed by atoms with Crippen molar-refractivity contribution in [3.8, 4) is 11.5 Å². The fraction of sp³-hybridized carbons (Fsp3) is 0.158. The molecule has 0 bridgehead atoms. The predicted molar refractivity (Wildman–Crippen MR) is 95.1 cm³/mol. The summed E-state index contributed by atoms with van der Waals surface area (Å²) in [5, 5.41) is 1.96. The van der Waals surface area contributed by atoms with Crippen LogP contribution in [0, 0.1) is 6.92 Å². The Morgan fingerprint density at radius 3 is 2.92 bits per heavy atom. The van der Waals surface area contributed by atoms with Crippen LogP contribution < -0.4 is 9.47 Å². The summed E-state index contributed by atoms with van der Waals surface area (Å²) in [6.45, 7) is 5.36. The lowest BCUT2D eigenvalue weighted by atomic mass is 10.1. The highest BCUT2D eigenvalue weighted by Gasteiger charge is 2.28. The van der Waals surface area contributed by atoms with E-state index < -0.39 is 5.97 Å². The van der Waals surface area contributed by atoms with Crippen LogP contribution in [0.5, 0.6) is 11.5 Å². The van der Waals surface area contributed by atoms with Gasteiger partial charge in [-0.25, -0.2) is 4.79 Å². The average Bonchev–Trinajstić information content (AvgIpc) is 3.15. The quantitative estimate of drug-likeness (QED) is 0.448. The maximum Gasteiger partial charge on any atom is 0.344 e. The largest absolute Gasteiger partial charge is 0.482 e. The Kier molecular flexibility index (Phi) is 5.00. The lowest BCUT2D eigenvalue weighted by Crippen LogP contribution is -2.14. The minimum Gasteiger partial charge on any atom is -0.482 e. The maximum atomic E-state index is 12.4. The molecule has 0 aliphatic carbocycles. The molecule has 3 rings (SSSR count). The molecule has 0 N–H and O–H groups in total. The zero-order valence-electron chi connectivity index (χ0n) is 13.6. The molecule has 0 spiro atoms. The molecule has 0 saturated heterocycles. The summed E-state index contributed by atoms with van der Waals surface area (Å²) in [6, 6.07) is 6.83. The molecule has 1 aromatic heterocycles. The Labute approximate surface area is 149 Å². The lowest BCUT2D eigenvalue weighted by Gasteiger charge is -2.06. The molecule has 128 valence electrons. The number of hydrogen-bond donors (Lipinski definition) is 0. The van der Waals surface area contributed by atoms with Gasteiger partial charge in [-0.05, 0) is 36.1 Å². The monoisotopic (exact) mass is 356 g/mol. The van der Waals surface area contributed by atoms with E-state index in [2.05, 4.69) is 6.58 Å². The smallest absolute Gasteiger partial charge is 0.344 e. The summed E-state index contributed by atoms with van der Waals surface area (Å²) in [4.78, 5) is 24.8. The molecular formula is C19H16O5S. The van der Waals surface area contributed by atoms with Crippen LogP contribution in [0.15, 0.2) is 48.1 Å². The number of carbonyl (C=O) groups excluding carboxylic acids is 2. The minimum absolute atomic E-state index is 0.139. The van der Waals surface area contributed by atoms with Crippen molar-refractivity contribution in [3.63, 3.8) is 0 Å². The van der Waals surface area contributed by atoms with Crippen molar-refractivity contribution < 1.29 is 23.8 Å². The highest BCUT2D eigenvalue weighted by atomic mass is 32.1. The van der Waals surface area contributed by atoms with Crippen molar-refractivity contribution >= 4 is 29.2 Å². The van der Waals surface area contributed by atoms with Gasteiger partial charge in [0.1, 0.15) is 18.1 Å². The molecule has 1 aliphatic heterocycles. The van der Waals surface area contributed by atoms with Crippen molar-refractivity contribution in [2.75, 3.05) is 13.2 Å². The lowest BCUT2D eigenvalue weighted by molar-refractivity contribution is -0.144. The van der Waals surface area contributed by atoms with E-state index in [9.17, 15) is 9.59 Å². The van der Waals surface area contributed by atoms with Gasteiger partial charge < -0.3 is 14.2 Å². The fourth-order valence-corrected chi connectivity index (χ4v) is 3.09. The van der Waals surface area contributed by atoms with Gasteiger partial charge in [0.15, 0.2) is 12.4 Å². The third-order valence-electron chi connectivity index (χ3n) is 3.52. The second-order valence-corrected chi connectivity index (χ2v) is 6.27. The summed E-state index contributed by atoms with van der Waals surface area (Å²) < 4.78 is 15.9. The number of hydrogen-bond acceptors (Lipinski definition) is 6. The Hall–Kier alpha value is -2.86. The number of esters is 1. The second kappa shape index (κ2) is 7.36. The van der Waals surface area contributed by atoms with Crippen LogP contribution in [0.25, 0.3) is 6.08 Å². The Morgan fingerprint density at radius 2 is 2.20 bits per heavy atom. The van der Waals surface area contributed by atoms with Crippen LogP contribution in [-0.2, 0) is 9.53 Å². The van der Waals surface area contributed by atoms with Gasteiger partial charge in [0.05, 0.1) is 5.56 Å². The van der Waals surface area contributed by atoms with Crippen molar-refractivity contribution in [3.05, 3.63) is 64.1 Å². The number of carbonyl (C=O) groups is 2. The predicted octanol–water partition coefficient (Wildman–Crippen LogP) is 3.78. The average molecular weight is 356 g/mol. The van der Waals surface area contributed by atoms with Gasteiger partial charge >= 0.3 is 5.97 Å². The fourth-order valence-electron chi connectivity index (χ4n) is 2.24. The van der Waals surface area contributed by atoms with E-state index in [4.69, 9.17) is 14.2 Å². The number of ketones is 1. The number of Topliss-reactive ketones (excluding diaryl/α,β-unsaturated/α-hetero) is 1. The van der Waals surface area contributed by atoms with Crippen LogP contribution in [0.3, 0.4) is 0 Å². The van der Waals surface area contributed by atoms with E-state index in [-0.39, 0.29) is 24.8 Å². The number of ether oxygens (including phenoxy) is 3. The standard InChI is InChI=1S/C19H16O5S/c1-3-7-22-18(20)11-23-13-4-5-14-15(9-13)24-16(19(14)21)10-17-12(2)6-8-25-17/h3-6,8-10H,1,7,11H2,2H3/b16-10-. The number of aryl methyl sites for hydroxylation is 1. The number of rotatable bonds is 6. The maximum absolute atomic E-state index is 12.4. The van der Waals surface area contributed by atoms with Crippen LogP contribution in [0.4, 0.5) is 0 Å². The molecule has 2 heterocycles. The normalized spacial score (nSPS) is 14.1. The van der Waals surface area contributed by atoms with Crippen LogP contribution in [0.1, 0.15) is 20.8 Å². The highest BCUT2D eigenvalue weighted by molar-refractivity contribution is 7.11. The Morgan fingerprint density at radius 1 is 1.36 bits per heavy atom. The molecule has 0 fully saturated rings. The van der Waals surface area contributed by atoms with Gasteiger partial charge in [-0.2, -0.15) is 0 Å². The molecule has 0 amide bonds. The van der Waals surface area contributed by atoms with Gasteiger partial charge in [0.25, 0.3) is 0 Å². The zero-order chi connectivity index (χ0) is 17.8. The third-order valence-corrected chi connectivity index (χ3v) is 4.49. The summed E-state index contributed by atoms with van der Waals surface area (Å²) in [6.07, 6.45) is 3.23. The molecule has 2 aromatic rings. The van der Waals surface area contributed by atoms with Crippen molar-refractivity contribution in [1.29, 1.82) is 0 Å². The van der Waals surface area contributed by atoms with E-state index >= 15 is 0 Å². The molecule has 25 heavy (non-hydrogen) atoms. The van der Waals surface area contributed by atoms with Gasteiger partial charge in [0, 0.05) is 17.0 Å². The second-order valence-electron chi connectivity index (χ2n) is 5.33. The highest BCUT2D eigenvalue weighted by Crippen LogP contribution is 2.35. The van der Waals surface area contributed by atoms with E-state index in [1.807, 2.05) is 18.4 Å². The van der Waals surface area contributed by atoms with Crippen molar-refractivity contribution in [1.82, 2.24) is 0 Å². The van der Waals surface area contributed by atoms with Crippen LogP contribution >= 0.6 is 11.3 Å².